The molecule has 1 unspecified atom stereocenters. The van der Waals surface area contributed by atoms with Gasteiger partial charge in [-0.2, -0.15) is 0 Å². The first-order valence-electron chi connectivity index (χ1n) is 10.2. The van der Waals surface area contributed by atoms with Crippen LogP contribution in [0.1, 0.15) is 84.1 Å². The highest BCUT2D eigenvalue weighted by molar-refractivity contribution is 5.77. The van der Waals surface area contributed by atoms with Crippen LogP contribution in [0.2, 0.25) is 0 Å². The maximum atomic E-state index is 2.57. The van der Waals surface area contributed by atoms with Crippen molar-refractivity contribution in [1.29, 1.82) is 0 Å². The first-order valence-corrected chi connectivity index (χ1v) is 10.2. The van der Waals surface area contributed by atoms with Gasteiger partial charge in [0, 0.05) is 0 Å². The fraction of sp³-hybridized carbons (Fsp3) is 0.583. The van der Waals surface area contributed by atoms with Crippen LogP contribution in [0.15, 0.2) is 47.6 Å². The molecule has 0 aliphatic heterocycles. The second-order valence-electron chi connectivity index (χ2n) is 8.03. The smallest absolute Gasteiger partial charge is 0.00382 e. The number of rotatable bonds is 6. The van der Waals surface area contributed by atoms with E-state index < -0.39 is 0 Å². The van der Waals surface area contributed by atoms with Crippen LogP contribution < -0.4 is 0 Å². The van der Waals surface area contributed by atoms with Gasteiger partial charge in [0.15, 0.2) is 0 Å². The second kappa shape index (κ2) is 7.72. The summed E-state index contributed by atoms with van der Waals surface area (Å²) in [5.41, 5.74) is 6.95. The third kappa shape index (κ3) is 3.25. The maximum absolute atomic E-state index is 2.57. The van der Waals surface area contributed by atoms with Gasteiger partial charge in [0.2, 0.25) is 0 Å². The van der Waals surface area contributed by atoms with Crippen LogP contribution in [0, 0.1) is 11.3 Å². The van der Waals surface area contributed by atoms with Gasteiger partial charge in [-0.25, -0.2) is 0 Å². The van der Waals surface area contributed by atoms with E-state index in [-0.39, 0.29) is 0 Å². The topological polar surface area (TPSA) is 0 Å². The van der Waals surface area contributed by atoms with E-state index in [1.807, 2.05) is 0 Å². The number of benzene rings is 1. The predicted octanol–water partition coefficient (Wildman–Crippen LogP) is 7.57. The highest BCUT2D eigenvalue weighted by Gasteiger charge is 2.45. The van der Waals surface area contributed by atoms with Crippen LogP contribution in [-0.4, -0.2) is 0 Å². The van der Waals surface area contributed by atoms with Crippen LogP contribution in [0.4, 0.5) is 0 Å². The minimum Gasteiger partial charge on any atom is -0.0810 e. The summed E-state index contributed by atoms with van der Waals surface area (Å²) >= 11 is 0. The predicted molar refractivity (Wildman–Crippen MR) is 106 cm³/mol. The summed E-state index contributed by atoms with van der Waals surface area (Å²) in [7, 11) is 0. The van der Waals surface area contributed by atoms with Gasteiger partial charge in [-0.3, -0.25) is 0 Å². The fourth-order valence-electron chi connectivity index (χ4n) is 5.21. The standard InChI is InChI=1S/C24H34/c1-4-6-12-19(11-5-2)22-17-16-21-15-10-18-24(21,3)23(22)20-13-8-7-9-14-20/h7-9,12-14,21H,4-6,10-11,15-18H2,1-3H3/b19-12+/t21?,24-/m0/s1. The summed E-state index contributed by atoms with van der Waals surface area (Å²) in [5, 5.41) is 0. The van der Waals surface area contributed by atoms with Crippen molar-refractivity contribution in [3.8, 4) is 0 Å². The van der Waals surface area contributed by atoms with E-state index in [9.17, 15) is 0 Å². The molecule has 0 aromatic heterocycles. The average molecular weight is 323 g/mol. The van der Waals surface area contributed by atoms with E-state index in [0.717, 1.165) is 5.92 Å². The number of hydrogen-bond acceptors (Lipinski definition) is 0. The molecule has 1 fully saturated rings. The van der Waals surface area contributed by atoms with Gasteiger partial charge >= 0.3 is 0 Å². The number of fused-ring (bicyclic) bond motifs is 1. The molecular formula is C24H34. The lowest BCUT2D eigenvalue weighted by Gasteiger charge is -2.41. The first-order chi connectivity index (χ1) is 11.7. The van der Waals surface area contributed by atoms with E-state index in [1.54, 1.807) is 16.7 Å². The Hall–Kier alpha value is -1.30. The molecule has 1 aromatic rings. The molecule has 0 heterocycles. The van der Waals surface area contributed by atoms with Crippen molar-refractivity contribution in [2.24, 2.45) is 11.3 Å². The van der Waals surface area contributed by atoms with Crippen molar-refractivity contribution >= 4 is 5.57 Å². The van der Waals surface area contributed by atoms with Crippen LogP contribution in [0.3, 0.4) is 0 Å². The van der Waals surface area contributed by atoms with Crippen molar-refractivity contribution in [3.05, 3.63) is 53.1 Å². The Morgan fingerprint density at radius 2 is 1.92 bits per heavy atom. The third-order valence-electron chi connectivity index (χ3n) is 6.41. The van der Waals surface area contributed by atoms with Gasteiger partial charge in [0.05, 0.1) is 0 Å². The molecule has 0 spiro atoms. The van der Waals surface area contributed by atoms with Gasteiger partial charge < -0.3 is 0 Å². The normalized spacial score (nSPS) is 27.5. The second-order valence-corrected chi connectivity index (χ2v) is 8.03. The minimum atomic E-state index is 0.397. The third-order valence-corrected chi connectivity index (χ3v) is 6.41. The Labute approximate surface area is 149 Å². The van der Waals surface area contributed by atoms with Crippen LogP contribution in [0.5, 0.6) is 0 Å². The zero-order valence-electron chi connectivity index (χ0n) is 15.9. The molecule has 1 saturated carbocycles. The molecule has 130 valence electrons. The summed E-state index contributed by atoms with van der Waals surface area (Å²) < 4.78 is 0. The number of allylic oxidation sites excluding steroid dienone is 4. The van der Waals surface area contributed by atoms with Gasteiger partial charge in [-0.05, 0) is 72.1 Å². The molecule has 0 nitrogen and oxygen atoms in total. The lowest BCUT2D eigenvalue weighted by atomic mass is 9.63. The zero-order chi connectivity index (χ0) is 17.0. The maximum Gasteiger partial charge on any atom is -0.00382 e. The van der Waals surface area contributed by atoms with Crippen molar-refractivity contribution in [2.75, 3.05) is 0 Å². The highest BCUT2D eigenvalue weighted by Crippen LogP contribution is 2.59. The summed E-state index contributed by atoms with van der Waals surface area (Å²) in [5.74, 6) is 0.894. The van der Waals surface area contributed by atoms with E-state index in [0.29, 0.717) is 5.41 Å². The molecule has 2 aliphatic carbocycles. The lowest BCUT2D eigenvalue weighted by Crippen LogP contribution is -2.29. The Kier molecular flexibility index (Phi) is 5.64. The van der Waals surface area contributed by atoms with E-state index >= 15 is 0 Å². The Bertz CT molecular complexity index is 604. The highest BCUT2D eigenvalue weighted by atomic mass is 14.5. The summed E-state index contributed by atoms with van der Waals surface area (Å²) in [6.07, 6.45) is 14.4. The van der Waals surface area contributed by atoms with Crippen molar-refractivity contribution in [2.45, 2.75) is 78.6 Å². The van der Waals surface area contributed by atoms with Crippen molar-refractivity contribution in [1.82, 2.24) is 0 Å². The molecule has 0 saturated heterocycles. The number of unbranched alkanes of at least 4 members (excludes halogenated alkanes) is 1. The molecule has 24 heavy (non-hydrogen) atoms. The molecule has 0 bridgehead atoms. The molecule has 3 rings (SSSR count). The molecule has 0 heteroatoms. The first kappa shape index (κ1) is 17.5. The average Bonchev–Trinajstić information content (AvgIpc) is 2.99. The summed E-state index contributed by atoms with van der Waals surface area (Å²) in [6.45, 7) is 7.18. The monoisotopic (exact) mass is 322 g/mol. The van der Waals surface area contributed by atoms with Crippen LogP contribution in [0.25, 0.3) is 5.57 Å². The van der Waals surface area contributed by atoms with Crippen molar-refractivity contribution < 1.29 is 0 Å². The van der Waals surface area contributed by atoms with E-state index in [4.69, 9.17) is 0 Å². The molecule has 0 N–H and O–H groups in total. The Balaban J connectivity index is 2.14. The molecule has 0 amide bonds. The largest absolute Gasteiger partial charge is 0.0810 e. The summed E-state index contributed by atoms with van der Waals surface area (Å²) in [6, 6.07) is 11.3. The number of hydrogen-bond donors (Lipinski definition) is 0. The van der Waals surface area contributed by atoms with Gasteiger partial charge in [-0.1, -0.05) is 76.4 Å². The lowest BCUT2D eigenvalue weighted by molar-refractivity contribution is 0.287. The van der Waals surface area contributed by atoms with Gasteiger partial charge in [-0.15, -0.1) is 0 Å². The van der Waals surface area contributed by atoms with Crippen LogP contribution in [-0.2, 0) is 0 Å². The molecule has 1 aromatic carbocycles. The quantitative estimate of drug-likeness (QED) is 0.506. The molecule has 0 radical (unpaired) electrons. The van der Waals surface area contributed by atoms with Gasteiger partial charge in [0.1, 0.15) is 0 Å². The van der Waals surface area contributed by atoms with Crippen LogP contribution >= 0.6 is 0 Å². The van der Waals surface area contributed by atoms with Crippen molar-refractivity contribution in [3.63, 3.8) is 0 Å². The molecule has 2 aliphatic rings. The molecular weight excluding hydrogens is 288 g/mol. The minimum absolute atomic E-state index is 0.397. The molecule has 2 atom stereocenters. The fourth-order valence-corrected chi connectivity index (χ4v) is 5.21. The SMILES string of the molecule is CCC/C=C(\CCC)C1=C(c2ccccc2)[C@@]2(C)CCCC2CC1. The van der Waals surface area contributed by atoms with E-state index in [1.165, 1.54) is 63.4 Å². The Morgan fingerprint density at radius 3 is 2.62 bits per heavy atom. The zero-order valence-corrected chi connectivity index (χ0v) is 15.9. The van der Waals surface area contributed by atoms with Gasteiger partial charge in [0.25, 0.3) is 0 Å². The summed E-state index contributed by atoms with van der Waals surface area (Å²) in [4.78, 5) is 0. The Morgan fingerprint density at radius 1 is 1.12 bits per heavy atom. The van der Waals surface area contributed by atoms with E-state index in [2.05, 4.69) is 57.2 Å².